The summed E-state index contributed by atoms with van der Waals surface area (Å²) in [6.07, 6.45) is 4.60. The summed E-state index contributed by atoms with van der Waals surface area (Å²) >= 11 is 0. The second-order valence-corrected chi connectivity index (χ2v) is 13.5. The van der Waals surface area contributed by atoms with E-state index in [4.69, 9.17) is 30.0 Å². The number of imidazole rings is 1. The molecule has 0 spiro atoms. The van der Waals surface area contributed by atoms with Crippen LogP contribution in [0.25, 0.3) is 17.4 Å². The van der Waals surface area contributed by atoms with Crippen LogP contribution in [0.15, 0.2) is 47.0 Å². The van der Waals surface area contributed by atoms with Crippen molar-refractivity contribution in [1.82, 2.24) is 24.6 Å². The number of nitrogens with zero attached hydrogens (tertiary/aromatic N) is 3. The Labute approximate surface area is 266 Å². The second-order valence-electron chi connectivity index (χ2n) is 11.8. The number of anilines is 1. The van der Waals surface area contributed by atoms with Crippen molar-refractivity contribution in [2.75, 3.05) is 18.9 Å². The highest BCUT2D eigenvalue weighted by Crippen LogP contribution is 2.56. The second kappa shape index (κ2) is 14.6. The number of hydrogen-bond acceptors (Lipinski definition) is 12. The molecule has 16 heteroatoms. The average Bonchev–Trinajstić information content (AvgIpc) is 3.53. The van der Waals surface area contributed by atoms with Gasteiger partial charge in [-0.2, -0.15) is 10.1 Å². The Morgan fingerprint density at radius 2 is 1.89 bits per heavy atom. The number of nitrogens with one attached hydrogen (secondary N) is 2. The monoisotopic (exact) mass is 659 g/mol. The van der Waals surface area contributed by atoms with Crippen molar-refractivity contribution in [3.8, 4) is 5.75 Å². The number of ether oxygens (including phenoxy) is 2. The molecule has 0 amide bonds. The minimum absolute atomic E-state index is 0.0820. The van der Waals surface area contributed by atoms with E-state index in [1.165, 1.54) is 17.8 Å². The lowest BCUT2D eigenvalue weighted by Gasteiger charge is -2.26. The van der Waals surface area contributed by atoms with Gasteiger partial charge in [-0.1, -0.05) is 45.4 Å². The molecule has 1 saturated carbocycles. The molecule has 4 rings (SSSR count). The molecule has 2 heterocycles. The number of nitrogen functional groups attached to an aromatic ring is 1. The normalized spacial score (nSPS) is 20.2. The van der Waals surface area contributed by atoms with Crippen LogP contribution in [0.3, 0.4) is 0 Å². The fourth-order valence-corrected chi connectivity index (χ4v) is 6.17. The predicted octanol–water partition coefficient (Wildman–Crippen LogP) is 3.37. The number of rotatable bonds is 16. The first-order chi connectivity index (χ1) is 21.8. The van der Waals surface area contributed by atoms with Crippen molar-refractivity contribution in [3.63, 3.8) is 0 Å². The maximum absolute atomic E-state index is 14.2. The molecule has 3 aromatic rings. The first kappa shape index (κ1) is 34.8. The van der Waals surface area contributed by atoms with Crippen molar-refractivity contribution in [2.24, 2.45) is 17.1 Å². The van der Waals surface area contributed by atoms with Gasteiger partial charge in [0.25, 0.3) is 5.56 Å². The van der Waals surface area contributed by atoms with E-state index < -0.39 is 42.7 Å². The maximum Gasteiger partial charge on any atom is 0.459 e. The van der Waals surface area contributed by atoms with Gasteiger partial charge in [-0.3, -0.25) is 28.5 Å². The summed E-state index contributed by atoms with van der Waals surface area (Å²) in [5.74, 6) is -1.22. The highest BCUT2D eigenvalue weighted by molar-refractivity contribution is 7.52. The molecule has 5 atom stereocenters. The van der Waals surface area contributed by atoms with E-state index in [0.717, 1.165) is 6.42 Å². The summed E-state index contributed by atoms with van der Waals surface area (Å²) in [6, 6.07) is 6.47. The molecule has 1 aromatic carbocycles. The predicted molar refractivity (Wildman–Crippen MR) is 171 cm³/mol. The Kier molecular flexibility index (Phi) is 11.0. The van der Waals surface area contributed by atoms with Gasteiger partial charge in [-0.15, -0.1) is 0 Å². The van der Waals surface area contributed by atoms with Crippen molar-refractivity contribution < 1.29 is 32.7 Å². The number of carbonyl (C=O) groups is 2. The molecular formula is C30H42N7O8P. The van der Waals surface area contributed by atoms with Gasteiger partial charge < -0.3 is 25.5 Å². The van der Waals surface area contributed by atoms with Crippen LogP contribution >= 0.6 is 7.75 Å². The van der Waals surface area contributed by atoms with Gasteiger partial charge in [0, 0.05) is 6.20 Å². The van der Waals surface area contributed by atoms with Crippen LogP contribution in [-0.4, -0.2) is 62.9 Å². The molecule has 46 heavy (non-hydrogen) atoms. The minimum atomic E-state index is -4.23. The summed E-state index contributed by atoms with van der Waals surface area (Å²) in [4.78, 5) is 48.5. The quantitative estimate of drug-likeness (QED) is 0.128. The zero-order valence-electron chi connectivity index (χ0n) is 26.6. The van der Waals surface area contributed by atoms with E-state index >= 15 is 0 Å². The van der Waals surface area contributed by atoms with E-state index in [-0.39, 0.29) is 48.1 Å². The van der Waals surface area contributed by atoms with Crippen LogP contribution in [0.5, 0.6) is 5.75 Å². The number of H-pyrrole nitrogens is 1. The third-order valence-corrected chi connectivity index (χ3v) is 9.13. The van der Waals surface area contributed by atoms with Gasteiger partial charge in [-0.05, 0) is 50.3 Å². The Balaban J connectivity index is 1.61. The van der Waals surface area contributed by atoms with E-state index in [1.807, 2.05) is 6.92 Å². The summed E-state index contributed by atoms with van der Waals surface area (Å²) < 4.78 is 38.6. The fourth-order valence-electron chi connectivity index (χ4n) is 4.59. The zero-order valence-corrected chi connectivity index (χ0v) is 27.5. The number of fused-ring (bicyclic) bond motifs is 1. The summed E-state index contributed by atoms with van der Waals surface area (Å²) in [7, 11) is -4.23. The minimum Gasteiger partial charge on any atom is -0.463 e. The molecule has 0 radical (unpaired) electrons. The Hall–Kier alpha value is -4.04. The molecule has 1 fully saturated rings. The first-order valence-corrected chi connectivity index (χ1v) is 16.6. The third kappa shape index (κ3) is 8.60. The number of nitrogens with two attached hydrogens (primary N) is 2. The Bertz CT molecular complexity index is 1670. The standard InChI is InChI=1S/C30H42N7O8P/c1-6-10-19(4)44-27(39)20(5)36-46(41,45-22-11-8-7-9-12-22)43-16-30(15-42-28(40)23(31)18(2)3)13-21(30)14-37-17-33-24-25(37)34-29(32)35-26(24)38/h7-9,11-12,14,17-20,23H,6,10,13,15-16,31H2,1-5H3,(H,36,41)(H3,32,34,35,38)/b21-14-/t19-,20-,23+,30-,46?/m0/s1. The van der Waals surface area contributed by atoms with Crippen LogP contribution in [0.1, 0.15) is 53.9 Å². The molecule has 2 aromatic heterocycles. The molecule has 0 bridgehead atoms. The molecule has 1 unspecified atom stereocenters. The van der Waals surface area contributed by atoms with E-state index in [1.54, 1.807) is 57.3 Å². The van der Waals surface area contributed by atoms with E-state index in [9.17, 15) is 18.9 Å². The molecule has 250 valence electrons. The van der Waals surface area contributed by atoms with Gasteiger partial charge >= 0.3 is 19.7 Å². The molecule has 1 aliphatic carbocycles. The number of para-hydroxylation sites is 1. The number of benzene rings is 1. The van der Waals surface area contributed by atoms with Crippen LogP contribution in [-0.2, 0) is 28.2 Å². The molecule has 15 nitrogen and oxygen atoms in total. The molecule has 0 saturated heterocycles. The van der Waals surface area contributed by atoms with Crippen LogP contribution in [0.2, 0.25) is 0 Å². The van der Waals surface area contributed by atoms with Crippen molar-refractivity contribution in [3.05, 3.63) is 52.6 Å². The smallest absolute Gasteiger partial charge is 0.459 e. The van der Waals surface area contributed by atoms with Gasteiger partial charge in [0.2, 0.25) is 5.95 Å². The highest BCUT2D eigenvalue weighted by Gasteiger charge is 2.52. The number of aromatic nitrogens is 4. The average molecular weight is 660 g/mol. The van der Waals surface area contributed by atoms with E-state index in [2.05, 4.69) is 20.0 Å². The lowest BCUT2D eigenvalue weighted by molar-refractivity contribution is -0.150. The van der Waals surface area contributed by atoms with Crippen molar-refractivity contribution in [1.29, 1.82) is 0 Å². The van der Waals surface area contributed by atoms with E-state index in [0.29, 0.717) is 18.4 Å². The number of hydrogen-bond donors (Lipinski definition) is 4. The highest BCUT2D eigenvalue weighted by atomic mass is 31.2. The van der Waals surface area contributed by atoms with Gasteiger partial charge in [0.1, 0.15) is 30.8 Å². The van der Waals surface area contributed by atoms with Gasteiger partial charge in [0.05, 0.1) is 18.1 Å². The lowest BCUT2D eigenvalue weighted by atomic mass is 10.1. The molecule has 0 aliphatic heterocycles. The van der Waals surface area contributed by atoms with Crippen molar-refractivity contribution in [2.45, 2.75) is 72.1 Å². The van der Waals surface area contributed by atoms with Gasteiger partial charge in [0.15, 0.2) is 11.2 Å². The van der Waals surface area contributed by atoms with Gasteiger partial charge in [-0.25, -0.2) is 9.55 Å². The SMILES string of the molecule is CCC[C@H](C)OC(=O)[C@H](C)NP(=O)(OC[C@@]1(COC(=O)[C@H](N)C(C)C)C/C1=C/n1cnc2c(=O)[nH]c(N)nc21)Oc1ccccc1. The lowest BCUT2D eigenvalue weighted by Crippen LogP contribution is -2.39. The number of carbonyl (C=O) groups excluding carboxylic acids is 2. The Morgan fingerprint density at radius 3 is 2.57 bits per heavy atom. The third-order valence-electron chi connectivity index (χ3n) is 7.51. The first-order valence-electron chi connectivity index (χ1n) is 15.1. The molecular weight excluding hydrogens is 617 g/mol. The zero-order chi connectivity index (χ0) is 33.6. The number of aromatic amines is 1. The van der Waals surface area contributed by atoms with Crippen LogP contribution in [0, 0.1) is 11.3 Å². The van der Waals surface area contributed by atoms with Crippen LogP contribution < -0.4 is 26.6 Å². The topological polar surface area (TPSA) is 216 Å². The summed E-state index contributed by atoms with van der Waals surface area (Å²) in [5, 5.41) is 2.70. The maximum atomic E-state index is 14.2. The summed E-state index contributed by atoms with van der Waals surface area (Å²) in [5.41, 5.74) is 11.3. The Morgan fingerprint density at radius 1 is 1.17 bits per heavy atom. The molecule has 6 N–H and O–H groups in total. The van der Waals surface area contributed by atoms with Crippen molar-refractivity contribution >= 4 is 43.0 Å². The fraction of sp³-hybridized carbons (Fsp3) is 0.500. The summed E-state index contributed by atoms with van der Waals surface area (Å²) in [6.45, 7) is 8.47. The largest absolute Gasteiger partial charge is 0.463 e. The van der Waals surface area contributed by atoms with Crippen LogP contribution in [0.4, 0.5) is 5.95 Å². The molecule has 1 aliphatic rings. The number of esters is 2.